The van der Waals surface area contributed by atoms with Gasteiger partial charge in [0.05, 0.1) is 12.2 Å². The number of ether oxygens (including phenoxy) is 1. The minimum absolute atomic E-state index is 0.0755. The first-order chi connectivity index (χ1) is 9.48. The molecular formula is C18H28O2. The second-order valence-electron chi connectivity index (χ2n) is 6.92. The van der Waals surface area contributed by atoms with E-state index in [9.17, 15) is 5.11 Å². The van der Waals surface area contributed by atoms with E-state index < -0.39 is 0 Å². The molecule has 0 spiro atoms. The Morgan fingerprint density at radius 2 is 2.05 bits per heavy atom. The number of hydrogen-bond acceptors (Lipinski definition) is 2. The van der Waals surface area contributed by atoms with E-state index in [0.717, 1.165) is 31.4 Å². The van der Waals surface area contributed by atoms with Crippen molar-refractivity contribution >= 4 is 0 Å². The summed E-state index contributed by atoms with van der Waals surface area (Å²) < 4.78 is 5.64. The summed E-state index contributed by atoms with van der Waals surface area (Å²) in [6.07, 6.45) is 5.40. The van der Waals surface area contributed by atoms with Gasteiger partial charge in [-0.2, -0.15) is 0 Å². The highest BCUT2D eigenvalue weighted by atomic mass is 16.5. The van der Waals surface area contributed by atoms with E-state index in [1.807, 2.05) is 6.07 Å². The lowest BCUT2D eigenvalue weighted by atomic mass is 9.81. The summed E-state index contributed by atoms with van der Waals surface area (Å²) in [5.41, 5.74) is 2.42. The molecule has 1 saturated heterocycles. The predicted molar refractivity (Wildman–Crippen MR) is 82.9 cm³/mol. The topological polar surface area (TPSA) is 29.5 Å². The Bertz CT molecular complexity index is 414. The first kappa shape index (κ1) is 15.5. The Balaban J connectivity index is 1.93. The smallest absolute Gasteiger partial charge is 0.0792 e. The van der Waals surface area contributed by atoms with E-state index in [2.05, 4.69) is 39.0 Å². The Morgan fingerprint density at radius 3 is 2.70 bits per heavy atom. The summed E-state index contributed by atoms with van der Waals surface area (Å²) in [6, 6.07) is 8.28. The number of hydrogen-bond donors (Lipinski definition) is 1. The molecule has 1 aromatic rings. The molecule has 20 heavy (non-hydrogen) atoms. The molecule has 112 valence electrons. The lowest BCUT2D eigenvalue weighted by molar-refractivity contribution is 0.0942. The SMILES string of the molecule is CC(C)(C)c1ccccc1C(O)CCCC1CCCO1. The third-order valence-electron chi connectivity index (χ3n) is 4.16. The highest BCUT2D eigenvalue weighted by Crippen LogP contribution is 2.32. The molecule has 2 unspecified atom stereocenters. The van der Waals surface area contributed by atoms with E-state index in [1.54, 1.807) is 0 Å². The highest BCUT2D eigenvalue weighted by molar-refractivity contribution is 5.34. The van der Waals surface area contributed by atoms with Crippen LogP contribution >= 0.6 is 0 Å². The normalized spacial score (nSPS) is 21.1. The molecule has 0 bridgehead atoms. The molecule has 2 heteroatoms. The maximum absolute atomic E-state index is 10.5. The molecule has 1 aliphatic heterocycles. The lowest BCUT2D eigenvalue weighted by Gasteiger charge is -2.25. The summed E-state index contributed by atoms with van der Waals surface area (Å²) in [4.78, 5) is 0. The van der Waals surface area contributed by atoms with Gasteiger partial charge in [-0.3, -0.25) is 0 Å². The van der Waals surface area contributed by atoms with Gasteiger partial charge < -0.3 is 9.84 Å². The second-order valence-corrected chi connectivity index (χ2v) is 6.92. The fraction of sp³-hybridized carbons (Fsp3) is 0.667. The zero-order valence-electron chi connectivity index (χ0n) is 13.1. The molecule has 0 amide bonds. The van der Waals surface area contributed by atoms with Gasteiger partial charge in [0.15, 0.2) is 0 Å². The standard InChI is InChI=1S/C18H28O2/c1-18(2,3)16-11-5-4-10-15(16)17(19)12-6-8-14-9-7-13-20-14/h4-5,10-11,14,17,19H,6-9,12-13H2,1-3H3. The van der Waals surface area contributed by atoms with Gasteiger partial charge in [-0.25, -0.2) is 0 Å². The van der Waals surface area contributed by atoms with Gasteiger partial charge in [-0.1, -0.05) is 45.0 Å². The van der Waals surface area contributed by atoms with Crippen LogP contribution in [0.2, 0.25) is 0 Å². The number of aliphatic hydroxyl groups is 1. The van der Waals surface area contributed by atoms with E-state index in [0.29, 0.717) is 6.10 Å². The van der Waals surface area contributed by atoms with Gasteiger partial charge in [0.2, 0.25) is 0 Å². The average molecular weight is 276 g/mol. The van der Waals surface area contributed by atoms with Crippen molar-refractivity contribution in [3.8, 4) is 0 Å². The van der Waals surface area contributed by atoms with Crippen LogP contribution in [0.1, 0.15) is 70.1 Å². The van der Waals surface area contributed by atoms with Crippen LogP contribution in [0.25, 0.3) is 0 Å². The van der Waals surface area contributed by atoms with E-state index in [1.165, 1.54) is 18.4 Å². The van der Waals surface area contributed by atoms with Crippen LogP contribution in [0.15, 0.2) is 24.3 Å². The van der Waals surface area contributed by atoms with Gasteiger partial charge in [0, 0.05) is 6.61 Å². The Labute approximate surface area is 123 Å². The predicted octanol–water partition coefficient (Wildman–Crippen LogP) is 4.37. The summed E-state index contributed by atoms with van der Waals surface area (Å²) in [6.45, 7) is 7.51. The number of aliphatic hydroxyl groups excluding tert-OH is 1. The summed E-state index contributed by atoms with van der Waals surface area (Å²) in [5, 5.41) is 10.5. The monoisotopic (exact) mass is 276 g/mol. The van der Waals surface area contributed by atoms with Crippen molar-refractivity contribution in [3.63, 3.8) is 0 Å². The van der Waals surface area contributed by atoms with Gasteiger partial charge in [-0.15, -0.1) is 0 Å². The maximum atomic E-state index is 10.5. The van der Waals surface area contributed by atoms with Crippen LogP contribution in [-0.2, 0) is 10.2 Å². The molecule has 0 aliphatic carbocycles. The molecule has 0 saturated carbocycles. The van der Waals surface area contributed by atoms with Crippen LogP contribution in [-0.4, -0.2) is 17.8 Å². The van der Waals surface area contributed by atoms with Crippen molar-refractivity contribution in [2.75, 3.05) is 6.61 Å². The first-order valence-corrected chi connectivity index (χ1v) is 7.87. The van der Waals surface area contributed by atoms with Crippen molar-refractivity contribution < 1.29 is 9.84 Å². The van der Waals surface area contributed by atoms with Gasteiger partial charge >= 0.3 is 0 Å². The van der Waals surface area contributed by atoms with Crippen LogP contribution < -0.4 is 0 Å². The molecule has 0 aromatic heterocycles. The molecule has 0 radical (unpaired) electrons. The van der Waals surface area contributed by atoms with Gasteiger partial charge in [-0.05, 0) is 48.6 Å². The Kier molecular flexibility index (Phi) is 5.22. The number of rotatable bonds is 5. The molecule has 1 heterocycles. The zero-order valence-corrected chi connectivity index (χ0v) is 13.1. The van der Waals surface area contributed by atoms with Crippen molar-refractivity contribution in [3.05, 3.63) is 35.4 Å². The van der Waals surface area contributed by atoms with E-state index in [4.69, 9.17) is 4.74 Å². The molecule has 2 nitrogen and oxygen atoms in total. The highest BCUT2D eigenvalue weighted by Gasteiger charge is 2.22. The molecule has 1 N–H and O–H groups in total. The van der Waals surface area contributed by atoms with Gasteiger partial charge in [0.1, 0.15) is 0 Å². The average Bonchev–Trinajstić information content (AvgIpc) is 2.91. The number of benzene rings is 1. The minimum Gasteiger partial charge on any atom is -0.388 e. The zero-order chi connectivity index (χ0) is 14.6. The largest absolute Gasteiger partial charge is 0.388 e. The van der Waals surface area contributed by atoms with Crippen LogP contribution in [0.5, 0.6) is 0 Å². The second kappa shape index (κ2) is 6.73. The van der Waals surface area contributed by atoms with E-state index >= 15 is 0 Å². The summed E-state index contributed by atoms with van der Waals surface area (Å²) >= 11 is 0. The van der Waals surface area contributed by atoms with Crippen molar-refractivity contribution in [2.45, 2.75) is 70.5 Å². The lowest BCUT2D eigenvalue weighted by Crippen LogP contribution is -2.16. The van der Waals surface area contributed by atoms with Crippen LogP contribution in [0.3, 0.4) is 0 Å². The van der Waals surface area contributed by atoms with Crippen molar-refractivity contribution in [1.29, 1.82) is 0 Å². The van der Waals surface area contributed by atoms with Crippen LogP contribution in [0.4, 0.5) is 0 Å². The fourth-order valence-electron chi connectivity index (χ4n) is 3.04. The van der Waals surface area contributed by atoms with Crippen LogP contribution in [0, 0.1) is 0 Å². The van der Waals surface area contributed by atoms with Crippen molar-refractivity contribution in [2.24, 2.45) is 0 Å². The van der Waals surface area contributed by atoms with Crippen molar-refractivity contribution in [1.82, 2.24) is 0 Å². The maximum Gasteiger partial charge on any atom is 0.0792 e. The molecule has 1 aromatic carbocycles. The Hall–Kier alpha value is -0.860. The molecular weight excluding hydrogens is 248 g/mol. The van der Waals surface area contributed by atoms with Gasteiger partial charge in [0.25, 0.3) is 0 Å². The first-order valence-electron chi connectivity index (χ1n) is 7.87. The minimum atomic E-state index is -0.355. The molecule has 2 atom stereocenters. The summed E-state index contributed by atoms with van der Waals surface area (Å²) in [5.74, 6) is 0. The molecule has 1 fully saturated rings. The third kappa shape index (κ3) is 4.07. The Morgan fingerprint density at radius 1 is 1.30 bits per heavy atom. The molecule has 1 aliphatic rings. The summed E-state index contributed by atoms with van der Waals surface area (Å²) in [7, 11) is 0. The van der Waals surface area contributed by atoms with E-state index in [-0.39, 0.29) is 11.5 Å². The quantitative estimate of drug-likeness (QED) is 0.865. The molecule has 2 rings (SSSR count). The fourth-order valence-corrected chi connectivity index (χ4v) is 3.04. The third-order valence-corrected chi connectivity index (χ3v) is 4.16.